The Morgan fingerprint density at radius 3 is 2.89 bits per heavy atom. The molecule has 1 aromatic heterocycles. The number of pyridine rings is 1. The van der Waals surface area contributed by atoms with Crippen LogP contribution < -0.4 is 0 Å². The Morgan fingerprint density at radius 2 is 2.16 bits per heavy atom. The first-order valence-electron chi connectivity index (χ1n) is 5.51. The standard InChI is InChI=1S/C13H8N2O4/c16-8-4-6-2-1-3-14-10(6)11-9(8)12(17)7(5-15-11)13(18)19/h1-5,7,16H,(H,18,19). The number of aromatic hydroxyl groups is 1. The van der Waals surface area contributed by atoms with E-state index in [1.807, 2.05) is 0 Å². The van der Waals surface area contributed by atoms with Gasteiger partial charge in [0.2, 0.25) is 0 Å². The Bertz CT molecular complexity index is 752. The molecule has 1 unspecified atom stereocenters. The van der Waals surface area contributed by atoms with Crippen LogP contribution in [-0.4, -0.2) is 33.2 Å². The second kappa shape index (κ2) is 3.88. The zero-order valence-corrected chi connectivity index (χ0v) is 9.57. The van der Waals surface area contributed by atoms with Crippen LogP contribution in [0.2, 0.25) is 0 Å². The van der Waals surface area contributed by atoms with Gasteiger partial charge in [0.25, 0.3) is 0 Å². The highest BCUT2D eigenvalue weighted by atomic mass is 16.4. The van der Waals surface area contributed by atoms with E-state index in [4.69, 9.17) is 5.11 Å². The van der Waals surface area contributed by atoms with Gasteiger partial charge in [-0.15, -0.1) is 0 Å². The zero-order valence-electron chi connectivity index (χ0n) is 9.57. The third-order valence-electron chi connectivity index (χ3n) is 3.00. The summed E-state index contributed by atoms with van der Waals surface area (Å²) < 4.78 is 0. The van der Waals surface area contributed by atoms with Crippen LogP contribution >= 0.6 is 0 Å². The fourth-order valence-electron chi connectivity index (χ4n) is 2.11. The van der Waals surface area contributed by atoms with Crippen LogP contribution in [-0.2, 0) is 4.79 Å². The Morgan fingerprint density at radius 1 is 1.37 bits per heavy atom. The summed E-state index contributed by atoms with van der Waals surface area (Å²) in [6.07, 6.45) is 2.61. The molecule has 2 aromatic rings. The maximum Gasteiger partial charge on any atom is 0.319 e. The van der Waals surface area contributed by atoms with Crippen molar-refractivity contribution >= 4 is 34.6 Å². The zero-order chi connectivity index (χ0) is 13.6. The summed E-state index contributed by atoms with van der Waals surface area (Å²) in [7, 11) is 0. The number of Topliss-reactive ketones (excluding diaryl/α,β-unsaturated/α-hetero) is 1. The molecular formula is C13H8N2O4. The van der Waals surface area contributed by atoms with Crippen molar-refractivity contribution in [3.05, 3.63) is 30.0 Å². The molecule has 0 aliphatic carbocycles. The number of phenolic OH excluding ortho intramolecular Hbond substituents is 1. The van der Waals surface area contributed by atoms with E-state index in [1.165, 1.54) is 6.07 Å². The van der Waals surface area contributed by atoms with E-state index in [1.54, 1.807) is 18.3 Å². The summed E-state index contributed by atoms with van der Waals surface area (Å²) in [4.78, 5) is 31.1. The normalized spacial score (nSPS) is 17.5. The number of carboxylic acids is 1. The molecule has 6 nitrogen and oxygen atoms in total. The first-order chi connectivity index (χ1) is 9.09. The van der Waals surface area contributed by atoms with Crippen molar-refractivity contribution < 1.29 is 19.8 Å². The van der Waals surface area contributed by atoms with Crippen LogP contribution in [0, 0.1) is 5.92 Å². The lowest BCUT2D eigenvalue weighted by molar-refractivity contribution is -0.137. The number of aliphatic carboxylic acids is 1. The Hall–Kier alpha value is -2.76. The van der Waals surface area contributed by atoms with Crippen LogP contribution in [0.4, 0.5) is 5.69 Å². The molecule has 1 aliphatic heterocycles. The highest BCUT2D eigenvalue weighted by molar-refractivity contribution is 6.25. The molecule has 2 heterocycles. The summed E-state index contributed by atoms with van der Waals surface area (Å²) in [6.45, 7) is 0. The molecule has 0 bridgehead atoms. The van der Waals surface area contributed by atoms with Gasteiger partial charge in [0.1, 0.15) is 11.4 Å². The fourth-order valence-corrected chi connectivity index (χ4v) is 2.11. The number of benzene rings is 1. The van der Waals surface area contributed by atoms with Gasteiger partial charge >= 0.3 is 5.97 Å². The number of nitrogens with zero attached hydrogens (tertiary/aromatic N) is 2. The Labute approximate surface area is 107 Å². The van der Waals surface area contributed by atoms with Gasteiger partial charge in [0, 0.05) is 17.8 Å². The van der Waals surface area contributed by atoms with Crippen molar-refractivity contribution in [2.45, 2.75) is 0 Å². The van der Waals surface area contributed by atoms with Crippen molar-refractivity contribution in [3.63, 3.8) is 0 Å². The van der Waals surface area contributed by atoms with Gasteiger partial charge < -0.3 is 10.2 Å². The number of aliphatic imine (C=N–C) groups is 1. The second-order valence-corrected chi connectivity index (χ2v) is 4.15. The van der Waals surface area contributed by atoms with Crippen LogP contribution in [0.25, 0.3) is 10.9 Å². The Kier molecular flexibility index (Phi) is 2.31. The summed E-state index contributed by atoms with van der Waals surface area (Å²) in [5.41, 5.74) is 0.600. The highest BCUT2D eigenvalue weighted by Crippen LogP contribution is 2.38. The average Bonchev–Trinajstić information content (AvgIpc) is 2.38. The highest BCUT2D eigenvalue weighted by Gasteiger charge is 2.33. The smallest absolute Gasteiger partial charge is 0.319 e. The summed E-state index contributed by atoms with van der Waals surface area (Å²) in [5, 5.41) is 19.5. The minimum atomic E-state index is -1.36. The molecule has 1 aliphatic rings. The number of fused-ring (bicyclic) bond motifs is 3. The number of ketones is 1. The molecule has 2 N–H and O–H groups in total. The molecular weight excluding hydrogens is 248 g/mol. The molecule has 6 heteroatoms. The molecule has 3 rings (SSSR count). The first kappa shape index (κ1) is 11.3. The van der Waals surface area contributed by atoms with E-state index in [-0.39, 0.29) is 17.0 Å². The monoisotopic (exact) mass is 256 g/mol. The van der Waals surface area contributed by atoms with Gasteiger partial charge in [-0.1, -0.05) is 6.07 Å². The summed E-state index contributed by atoms with van der Waals surface area (Å²) >= 11 is 0. The number of hydrogen-bond acceptors (Lipinski definition) is 5. The van der Waals surface area contributed by atoms with Crippen molar-refractivity contribution in [1.29, 1.82) is 0 Å². The molecule has 0 saturated heterocycles. The topological polar surface area (TPSA) is 99.8 Å². The number of aromatic nitrogens is 1. The van der Waals surface area contributed by atoms with Gasteiger partial charge in [-0.25, -0.2) is 0 Å². The summed E-state index contributed by atoms with van der Waals surface area (Å²) in [6, 6.07) is 4.81. The lowest BCUT2D eigenvalue weighted by Gasteiger charge is -2.16. The number of rotatable bonds is 1. The number of carboxylic acid groups (broad SMARTS) is 1. The minimum absolute atomic E-state index is 0.0823. The molecule has 0 fully saturated rings. The number of hydrogen-bond donors (Lipinski definition) is 2. The summed E-state index contributed by atoms with van der Waals surface area (Å²) in [5.74, 6) is -3.61. The van der Waals surface area contributed by atoms with E-state index in [0.29, 0.717) is 10.9 Å². The third-order valence-corrected chi connectivity index (χ3v) is 3.00. The van der Waals surface area contributed by atoms with Gasteiger partial charge in [-0.2, -0.15) is 0 Å². The second-order valence-electron chi connectivity index (χ2n) is 4.15. The molecule has 0 saturated carbocycles. The van der Waals surface area contributed by atoms with E-state index in [9.17, 15) is 14.7 Å². The predicted octanol–water partition coefficient (Wildman–Crippen LogP) is 1.54. The van der Waals surface area contributed by atoms with Crippen LogP contribution in [0.1, 0.15) is 10.4 Å². The lowest BCUT2D eigenvalue weighted by Crippen LogP contribution is -2.27. The van der Waals surface area contributed by atoms with Crippen LogP contribution in [0.3, 0.4) is 0 Å². The molecule has 0 spiro atoms. The fraction of sp³-hybridized carbons (Fsp3) is 0.0769. The average molecular weight is 256 g/mol. The molecule has 1 aromatic carbocycles. The van der Waals surface area contributed by atoms with Crippen molar-refractivity contribution in [2.75, 3.05) is 0 Å². The molecule has 0 amide bonds. The van der Waals surface area contributed by atoms with E-state index in [2.05, 4.69) is 9.98 Å². The van der Waals surface area contributed by atoms with Crippen molar-refractivity contribution in [1.82, 2.24) is 4.98 Å². The predicted molar refractivity (Wildman–Crippen MR) is 67.0 cm³/mol. The lowest BCUT2D eigenvalue weighted by atomic mass is 9.92. The minimum Gasteiger partial charge on any atom is -0.507 e. The Balaban J connectivity index is 2.34. The number of carbonyl (C=O) groups excluding carboxylic acids is 1. The van der Waals surface area contributed by atoms with Gasteiger partial charge in [-0.05, 0) is 12.1 Å². The van der Waals surface area contributed by atoms with E-state index in [0.717, 1.165) is 6.21 Å². The molecule has 1 atom stereocenters. The van der Waals surface area contributed by atoms with E-state index < -0.39 is 17.7 Å². The molecule has 0 radical (unpaired) electrons. The van der Waals surface area contributed by atoms with Gasteiger partial charge in [-0.3, -0.25) is 19.6 Å². The van der Waals surface area contributed by atoms with Crippen molar-refractivity contribution in [2.24, 2.45) is 10.9 Å². The van der Waals surface area contributed by atoms with Crippen LogP contribution in [0.5, 0.6) is 5.75 Å². The SMILES string of the molecule is O=C(O)C1C=Nc2c(c(O)cc3cccnc23)C1=O. The largest absolute Gasteiger partial charge is 0.507 e. The molecule has 94 valence electrons. The van der Waals surface area contributed by atoms with E-state index >= 15 is 0 Å². The quantitative estimate of drug-likeness (QED) is 0.754. The first-order valence-corrected chi connectivity index (χ1v) is 5.51. The van der Waals surface area contributed by atoms with Gasteiger partial charge in [0.15, 0.2) is 11.7 Å². The van der Waals surface area contributed by atoms with Crippen LogP contribution in [0.15, 0.2) is 29.4 Å². The number of phenols is 1. The number of carbonyl (C=O) groups is 2. The maximum absolute atomic E-state index is 12.1. The van der Waals surface area contributed by atoms with Crippen molar-refractivity contribution in [3.8, 4) is 5.75 Å². The van der Waals surface area contributed by atoms with Gasteiger partial charge in [0.05, 0.1) is 11.1 Å². The molecule has 19 heavy (non-hydrogen) atoms. The third kappa shape index (κ3) is 1.57. The maximum atomic E-state index is 12.1.